The molecule has 0 saturated heterocycles. The van der Waals surface area contributed by atoms with E-state index in [0.717, 1.165) is 5.01 Å². The molecule has 0 radical (unpaired) electrons. The van der Waals surface area contributed by atoms with Crippen LogP contribution in [-0.2, 0) is 0 Å². The second-order valence-electron chi connectivity index (χ2n) is 3.81. The van der Waals surface area contributed by atoms with Crippen molar-refractivity contribution in [3.8, 4) is 0 Å². The topological polar surface area (TPSA) is 81.0 Å². The third-order valence-electron chi connectivity index (χ3n) is 2.42. The van der Waals surface area contributed by atoms with E-state index in [-0.39, 0.29) is 11.6 Å². The number of nitrogens with one attached hydrogen (secondary N) is 1. The Labute approximate surface area is 108 Å². The van der Waals surface area contributed by atoms with E-state index < -0.39 is 4.92 Å². The summed E-state index contributed by atoms with van der Waals surface area (Å²) in [5.74, 6) is 0.749. The molecule has 0 saturated carbocycles. The standard InChI is InChI=1S/C11H12N4O2S/c1-8(11-13-4-5-18-11)7-14-10-6-9(15(16)17)2-3-12-10/h2-6,8H,7H2,1H3,(H,12,14). The molecule has 2 aromatic heterocycles. The molecule has 1 atom stereocenters. The predicted octanol–water partition coefficient (Wildman–Crippen LogP) is 2.66. The summed E-state index contributed by atoms with van der Waals surface area (Å²) in [6, 6.07) is 2.80. The monoisotopic (exact) mass is 264 g/mol. The SMILES string of the molecule is CC(CNc1cc([N+](=O)[O-])ccn1)c1nccs1. The molecule has 6 nitrogen and oxygen atoms in total. The zero-order valence-electron chi connectivity index (χ0n) is 9.74. The zero-order valence-corrected chi connectivity index (χ0v) is 10.6. The molecule has 0 spiro atoms. The van der Waals surface area contributed by atoms with Gasteiger partial charge in [0.1, 0.15) is 5.82 Å². The van der Waals surface area contributed by atoms with Gasteiger partial charge in [-0.3, -0.25) is 10.1 Å². The van der Waals surface area contributed by atoms with Crippen molar-refractivity contribution < 1.29 is 4.92 Å². The summed E-state index contributed by atoms with van der Waals surface area (Å²) in [6.07, 6.45) is 3.19. The molecule has 0 aliphatic heterocycles. The molecular formula is C11H12N4O2S. The van der Waals surface area contributed by atoms with Crippen LogP contribution in [0.4, 0.5) is 11.5 Å². The van der Waals surface area contributed by atoms with Crippen molar-refractivity contribution in [3.05, 3.63) is 45.0 Å². The van der Waals surface area contributed by atoms with Gasteiger partial charge in [0.15, 0.2) is 0 Å². The maximum atomic E-state index is 10.6. The average Bonchev–Trinajstić information content (AvgIpc) is 2.90. The van der Waals surface area contributed by atoms with Gasteiger partial charge in [-0.25, -0.2) is 9.97 Å². The molecule has 1 unspecified atom stereocenters. The van der Waals surface area contributed by atoms with Crippen molar-refractivity contribution in [1.29, 1.82) is 0 Å². The summed E-state index contributed by atoms with van der Waals surface area (Å²) in [6.45, 7) is 2.69. The fourth-order valence-electron chi connectivity index (χ4n) is 1.45. The lowest BCUT2D eigenvalue weighted by molar-refractivity contribution is -0.384. The van der Waals surface area contributed by atoms with Crippen molar-refractivity contribution in [1.82, 2.24) is 9.97 Å². The van der Waals surface area contributed by atoms with Crippen LogP contribution >= 0.6 is 11.3 Å². The van der Waals surface area contributed by atoms with E-state index in [1.165, 1.54) is 18.3 Å². The molecule has 0 bridgehead atoms. The molecule has 94 valence electrons. The largest absolute Gasteiger partial charge is 0.369 e. The van der Waals surface area contributed by atoms with E-state index in [4.69, 9.17) is 0 Å². The van der Waals surface area contributed by atoms with Gasteiger partial charge < -0.3 is 5.32 Å². The minimum absolute atomic E-state index is 0.0365. The molecule has 18 heavy (non-hydrogen) atoms. The summed E-state index contributed by atoms with van der Waals surface area (Å²) in [4.78, 5) is 18.5. The third kappa shape index (κ3) is 3.01. The summed E-state index contributed by atoms with van der Waals surface area (Å²) in [5.41, 5.74) is 0.0365. The number of pyridine rings is 1. The Bertz CT molecular complexity index is 530. The second kappa shape index (κ2) is 5.54. The van der Waals surface area contributed by atoms with Crippen molar-refractivity contribution in [2.75, 3.05) is 11.9 Å². The Morgan fingerprint density at radius 1 is 1.50 bits per heavy atom. The van der Waals surface area contributed by atoms with E-state index in [1.807, 2.05) is 12.3 Å². The number of aromatic nitrogens is 2. The van der Waals surface area contributed by atoms with Crippen LogP contribution in [0.25, 0.3) is 0 Å². The van der Waals surface area contributed by atoms with Crippen LogP contribution in [-0.4, -0.2) is 21.4 Å². The van der Waals surface area contributed by atoms with Crippen LogP contribution in [0.3, 0.4) is 0 Å². The fourth-order valence-corrected chi connectivity index (χ4v) is 2.15. The van der Waals surface area contributed by atoms with Crippen LogP contribution < -0.4 is 5.32 Å². The summed E-state index contributed by atoms with van der Waals surface area (Å²) >= 11 is 1.59. The maximum absolute atomic E-state index is 10.6. The lowest BCUT2D eigenvalue weighted by atomic mass is 10.2. The highest BCUT2D eigenvalue weighted by atomic mass is 32.1. The summed E-state index contributed by atoms with van der Waals surface area (Å²) in [7, 11) is 0. The Morgan fingerprint density at radius 3 is 3.00 bits per heavy atom. The molecule has 2 aromatic rings. The van der Waals surface area contributed by atoms with E-state index >= 15 is 0 Å². The number of hydrogen-bond acceptors (Lipinski definition) is 6. The average molecular weight is 264 g/mol. The van der Waals surface area contributed by atoms with Gasteiger partial charge in [0, 0.05) is 36.3 Å². The molecule has 0 aromatic carbocycles. The fraction of sp³-hybridized carbons (Fsp3) is 0.273. The smallest absolute Gasteiger partial charge is 0.274 e. The van der Waals surface area contributed by atoms with Crippen LogP contribution in [0.1, 0.15) is 17.8 Å². The minimum atomic E-state index is -0.433. The van der Waals surface area contributed by atoms with Crippen LogP contribution in [0.2, 0.25) is 0 Å². The first-order valence-electron chi connectivity index (χ1n) is 5.40. The normalized spacial score (nSPS) is 12.1. The first kappa shape index (κ1) is 12.4. The van der Waals surface area contributed by atoms with Crippen molar-refractivity contribution in [2.24, 2.45) is 0 Å². The van der Waals surface area contributed by atoms with E-state index in [2.05, 4.69) is 15.3 Å². The predicted molar refractivity (Wildman–Crippen MR) is 69.9 cm³/mol. The second-order valence-corrected chi connectivity index (χ2v) is 4.73. The lowest BCUT2D eigenvalue weighted by Gasteiger charge is -2.10. The van der Waals surface area contributed by atoms with Crippen LogP contribution in [0.15, 0.2) is 29.9 Å². The lowest BCUT2D eigenvalue weighted by Crippen LogP contribution is -2.10. The maximum Gasteiger partial charge on any atom is 0.274 e. The summed E-state index contributed by atoms with van der Waals surface area (Å²) in [5, 5.41) is 16.7. The molecule has 0 fully saturated rings. The van der Waals surface area contributed by atoms with Crippen LogP contribution in [0.5, 0.6) is 0 Å². The highest BCUT2D eigenvalue weighted by molar-refractivity contribution is 7.09. The van der Waals surface area contributed by atoms with Gasteiger partial charge in [-0.2, -0.15) is 0 Å². The number of thiazole rings is 1. The van der Waals surface area contributed by atoms with Crippen LogP contribution in [0, 0.1) is 10.1 Å². The van der Waals surface area contributed by atoms with Gasteiger partial charge in [-0.15, -0.1) is 11.3 Å². The Kier molecular flexibility index (Phi) is 3.83. The van der Waals surface area contributed by atoms with Gasteiger partial charge >= 0.3 is 0 Å². The minimum Gasteiger partial charge on any atom is -0.369 e. The van der Waals surface area contributed by atoms with E-state index in [1.54, 1.807) is 17.5 Å². The number of nitro groups is 1. The van der Waals surface area contributed by atoms with Crippen molar-refractivity contribution in [2.45, 2.75) is 12.8 Å². The number of nitrogens with zero attached hydrogens (tertiary/aromatic N) is 3. The zero-order chi connectivity index (χ0) is 13.0. The quantitative estimate of drug-likeness (QED) is 0.663. The Hall–Kier alpha value is -2.02. The van der Waals surface area contributed by atoms with Gasteiger partial charge in [-0.1, -0.05) is 6.92 Å². The first-order chi connectivity index (χ1) is 8.66. The van der Waals surface area contributed by atoms with E-state index in [9.17, 15) is 10.1 Å². The molecular weight excluding hydrogens is 252 g/mol. The molecule has 2 heterocycles. The highest BCUT2D eigenvalue weighted by Crippen LogP contribution is 2.19. The Morgan fingerprint density at radius 2 is 2.33 bits per heavy atom. The molecule has 0 amide bonds. The highest BCUT2D eigenvalue weighted by Gasteiger charge is 2.10. The molecule has 0 aliphatic carbocycles. The van der Waals surface area contributed by atoms with Crippen molar-refractivity contribution in [3.63, 3.8) is 0 Å². The number of hydrogen-bond donors (Lipinski definition) is 1. The van der Waals surface area contributed by atoms with Gasteiger partial charge in [-0.05, 0) is 0 Å². The number of anilines is 1. The van der Waals surface area contributed by atoms with Gasteiger partial charge in [0.25, 0.3) is 5.69 Å². The van der Waals surface area contributed by atoms with Gasteiger partial charge in [0.05, 0.1) is 16.0 Å². The third-order valence-corrected chi connectivity index (χ3v) is 3.42. The molecule has 7 heteroatoms. The first-order valence-corrected chi connectivity index (χ1v) is 6.28. The number of rotatable bonds is 5. The van der Waals surface area contributed by atoms with Gasteiger partial charge in [0.2, 0.25) is 0 Å². The summed E-state index contributed by atoms with van der Waals surface area (Å²) < 4.78 is 0. The molecule has 2 rings (SSSR count). The van der Waals surface area contributed by atoms with E-state index in [0.29, 0.717) is 12.4 Å². The molecule has 0 aliphatic rings. The Balaban J connectivity index is 1.98. The van der Waals surface area contributed by atoms with Crippen molar-refractivity contribution >= 4 is 22.8 Å². The molecule has 1 N–H and O–H groups in total.